The summed E-state index contributed by atoms with van der Waals surface area (Å²) in [6, 6.07) is 10.3. The lowest BCUT2D eigenvalue weighted by Gasteiger charge is -2.20. The van der Waals surface area contributed by atoms with E-state index in [0.717, 1.165) is 25.1 Å². The minimum Gasteiger partial charge on any atom is -0.352 e. The summed E-state index contributed by atoms with van der Waals surface area (Å²) in [5.41, 5.74) is 1.06. The Balaban J connectivity index is 1.56. The van der Waals surface area contributed by atoms with Gasteiger partial charge < -0.3 is 16.0 Å². The maximum absolute atomic E-state index is 11.9. The van der Waals surface area contributed by atoms with E-state index in [-0.39, 0.29) is 24.4 Å². The second-order valence-electron chi connectivity index (χ2n) is 6.49. The van der Waals surface area contributed by atoms with Gasteiger partial charge in [0.2, 0.25) is 5.91 Å². The zero-order valence-electron chi connectivity index (χ0n) is 14.5. The molecule has 0 aromatic heterocycles. The fourth-order valence-corrected chi connectivity index (χ4v) is 2.79. The summed E-state index contributed by atoms with van der Waals surface area (Å²) in [4.78, 5) is 26.0. The highest BCUT2D eigenvalue weighted by atomic mass is 16.2. The third kappa shape index (κ3) is 6.20. The number of likely N-dealkylation sites (tertiary alicyclic amines) is 1. The van der Waals surface area contributed by atoms with E-state index in [9.17, 15) is 9.59 Å². The van der Waals surface area contributed by atoms with Gasteiger partial charge in [0.15, 0.2) is 0 Å². The van der Waals surface area contributed by atoms with Gasteiger partial charge >= 0.3 is 6.03 Å². The van der Waals surface area contributed by atoms with Crippen LogP contribution >= 0.6 is 0 Å². The van der Waals surface area contributed by atoms with Gasteiger partial charge in [-0.3, -0.25) is 9.69 Å². The quantitative estimate of drug-likeness (QED) is 0.708. The molecular formula is C18H28N4O2. The molecule has 1 aliphatic heterocycles. The zero-order valence-corrected chi connectivity index (χ0v) is 14.5. The van der Waals surface area contributed by atoms with Crippen LogP contribution in [-0.2, 0) is 11.3 Å². The highest BCUT2D eigenvalue weighted by Gasteiger charge is 2.25. The standard InChI is InChI=1S/C18H28N4O2/c1-14(2)22-11-9-16(13-22)21-18(24)19-10-8-17(23)20-12-15-6-4-3-5-7-15/h3-7,14,16H,8-13H2,1-2H3,(H,20,23)(H2,19,21,24)/t16-/m1/s1. The van der Waals surface area contributed by atoms with Crippen LogP contribution in [0.2, 0.25) is 0 Å². The van der Waals surface area contributed by atoms with Crippen molar-refractivity contribution in [1.82, 2.24) is 20.9 Å². The minimum atomic E-state index is -0.193. The van der Waals surface area contributed by atoms with Gasteiger partial charge in [-0.15, -0.1) is 0 Å². The first kappa shape index (κ1) is 18.3. The van der Waals surface area contributed by atoms with Crippen molar-refractivity contribution in [3.05, 3.63) is 35.9 Å². The highest BCUT2D eigenvalue weighted by Crippen LogP contribution is 2.11. The van der Waals surface area contributed by atoms with Gasteiger partial charge in [0.05, 0.1) is 0 Å². The number of hydrogen-bond acceptors (Lipinski definition) is 3. The lowest BCUT2D eigenvalue weighted by Crippen LogP contribution is -2.44. The van der Waals surface area contributed by atoms with Gasteiger partial charge in [-0.25, -0.2) is 4.79 Å². The number of amides is 3. The molecule has 3 amide bonds. The maximum atomic E-state index is 11.9. The molecule has 0 spiro atoms. The van der Waals surface area contributed by atoms with Gasteiger partial charge in [0.25, 0.3) is 0 Å². The molecule has 1 heterocycles. The number of rotatable bonds is 7. The minimum absolute atomic E-state index is 0.0639. The van der Waals surface area contributed by atoms with Crippen molar-refractivity contribution in [1.29, 1.82) is 0 Å². The first-order valence-electron chi connectivity index (χ1n) is 8.63. The smallest absolute Gasteiger partial charge is 0.315 e. The summed E-state index contributed by atoms with van der Waals surface area (Å²) < 4.78 is 0. The fraction of sp³-hybridized carbons (Fsp3) is 0.556. The summed E-state index contributed by atoms with van der Waals surface area (Å²) in [5, 5.41) is 8.57. The second-order valence-corrected chi connectivity index (χ2v) is 6.49. The van der Waals surface area contributed by atoms with E-state index in [1.165, 1.54) is 0 Å². The van der Waals surface area contributed by atoms with Crippen molar-refractivity contribution >= 4 is 11.9 Å². The Morgan fingerprint density at radius 3 is 2.62 bits per heavy atom. The third-order valence-corrected chi connectivity index (χ3v) is 4.26. The van der Waals surface area contributed by atoms with Crippen LogP contribution in [0.15, 0.2) is 30.3 Å². The highest BCUT2D eigenvalue weighted by molar-refractivity contribution is 5.78. The van der Waals surface area contributed by atoms with Crippen LogP contribution in [0.25, 0.3) is 0 Å². The second kappa shape index (κ2) is 9.27. The molecule has 1 aromatic carbocycles. The van der Waals surface area contributed by atoms with Crippen LogP contribution in [0, 0.1) is 0 Å². The SMILES string of the molecule is CC(C)N1CC[C@@H](NC(=O)NCCC(=O)NCc2ccccc2)C1. The molecule has 24 heavy (non-hydrogen) atoms. The molecule has 1 aliphatic rings. The van der Waals surface area contributed by atoms with Gasteiger partial charge in [-0.2, -0.15) is 0 Å². The number of benzene rings is 1. The Kier molecular flexibility index (Phi) is 7.06. The number of carbonyl (C=O) groups is 2. The van der Waals surface area contributed by atoms with E-state index in [1.54, 1.807) is 0 Å². The molecule has 6 heteroatoms. The molecule has 1 atom stereocenters. The van der Waals surface area contributed by atoms with Crippen LogP contribution in [0.3, 0.4) is 0 Å². The molecular weight excluding hydrogens is 304 g/mol. The predicted octanol–water partition coefficient (Wildman–Crippen LogP) is 1.47. The molecule has 1 fully saturated rings. The Labute approximate surface area is 144 Å². The molecule has 6 nitrogen and oxygen atoms in total. The molecule has 1 saturated heterocycles. The summed E-state index contributed by atoms with van der Waals surface area (Å²) in [7, 11) is 0. The van der Waals surface area contributed by atoms with Crippen LogP contribution < -0.4 is 16.0 Å². The molecule has 2 rings (SSSR count). The number of hydrogen-bond donors (Lipinski definition) is 3. The molecule has 0 radical (unpaired) electrons. The van der Waals surface area contributed by atoms with Crippen LogP contribution in [0.5, 0.6) is 0 Å². The average Bonchev–Trinajstić information content (AvgIpc) is 3.02. The topological polar surface area (TPSA) is 73.5 Å². The molecule has 3 N–H and O–H groups in total. The van der Waals surface area contributed by atoms with Crippen molar-refractivity contribution < 1.29 is 9.59 Å². The molecule has 0 unspecified atom stereocenters. The van der Waals surface area contributed by atoms with Crippen molar-refractivity contribution in [2.24, 2.45) is 0 Å². The van der Waals surface area contributed by atoms with E-state index < -0.39 is 0 Å². The van der Waals surface area contributed by atoms with E-state index >= 15 is 0 Å². The van der Waals surface area contributed by atoms with E-state index in [4.69, 9.17) is 0 Å². The Hall–Kier alpha value is -2.08. The lowest BCUT2D eigenvalue weighted by atomic mass is 10.2. The predicted molar refractivity (Wildman–Crippen MR) is 94.6 cm³/mol. The summed E-state index contributed by atoms with van der Waals surface area (Å²) in [6.45, 7) is 7.09. The average molecular weight is 332 g/mol. The Bertz CT molecular complexity index is 533. The molecule has 132 valence electrons. The molecule has 1 aromatic rings. The summed E-state index contributed by atoms with van der Waals surface area (Å²) >= 11 is 0. The van der Waals surface area contributed by atoms with E-state index in [1.807, 2.05) is 30.3 Å². The Morgan fingerprint density at radius 2 is 1.96 bits per heavy atom. The summed E-state index contributed by atoms with van der Waals surface area (Å²) in [6.07, 6.45) is 1.26. The van der Waals surface area contributed by atoms with Gasteiger partial charge in [-0.1, -0.05) is 30.3 Å². The van der Waals surface area contributed by atoms with Crippen LogP contribution in [-0.4, -0.2) is 48.6 Å². The van der Waals surface area contributed by atoms with Crippen molar-refractivity contribution in [3.8, 4) is 0 Å². The summed E-state index contributed by atoms with van der Waals surface area (Å²) in [5.74, 6) is -0.0639. The number of nitrogens with zero attached hydrogens (tertiary/aromatic N) is 1. The molecule has 0 saturated carbocycles. The van der Waals surface area contributed by atoms with Gasteiger partial charge in [0.1, 0.15) is 0 Å². The Morgan fingerprint density at radius 1 is 1.21 bits per heavy atom. The number of urea groups is 1. The van der Waals surface area contributed by atoms with Crippen molar-refractivity contribution in [3.63, 3.8) is 0 Å². The van der Waals surface area contributed by atoms with Crippen molar-refractivity contribution in [2.75, 3.05) is 19.6 Å². The maximum Gasteiger partial charge on any atom is 0.315 e. The number of carbonyl (C=O) groups excluding carboxylic acids is 2. The van der Waals surface area contributed by atoms with Gasteiger partial charge in [0, 0.05) is 44.7 Å². The molecule has 0 bridgehead atoms. The van der Waals surface area contributed by atoms with E-state index in [2.05, 4.69) is 34.7 Å². The van der Waals surface area contributed by atoms with Crippen molar-refractivity contribution in [2.45, 2.75) is 45.3 Å². The first-order chi connectivity index (χ1) is 11.5. The number of nitrogens with one attached hydrogen (secondary N) is 3. The third-order valence-electron chi connectivity index (χ3n) is 4.26. The van der Waals surface area contributed by atoms with Gasteiger partial charge in [-0.05, 0) is 25.8 Å². The monoisotopic (exact) mass is 332 g/mol. The molecule has 0 aliphatic carbocycles. The van der Waals surface area contributed by atoms with Crippen LogP contribution in [0.1, 0.15) is 32.3 Å². The largest absolute Gasteiger partial charge is 0.352 e. The fourth-order valence-electron chi connectivity index (χ4n) is 2.79. The lowest BCUT2D eigenvalue weighted by molar-refractivity contribution is -0.121. The zero-order chi connectivity index (χ0) is 17.4. The van der Waals surface area contributed by atoms with Crippen LogP contribution in [0.4, 0.5) is 4.79 Å². The van der Waals surface area contributed by atoms with E-state index in [0.29, 0.717) is 19.1 Å². The first-order valence-corrected chi connectivity index (χ1v) is 8.63. The normalized spacial score (nSPS) is 17.7.